The minimum absolute atomic E-state index is 0.421. The summed E-state index contributed by atoms with van der Waals surface area (Å²) < 4.78 is 5.81. The maximum absolute atomic E-state index is 11.4. The summed E-state index contributed by atoms with van der Waals surface area (Å²) in [5, 5.41) is 1.12. The van der Waals surface area contributed by atoms with Gasteiger partial charge in [0.15, 0.2) is 0 Å². The Kier molecular flexibility index (Phi) is 5.11. The summed E-state index contributed by atoms with van der Waals surface area (Å²) in [6.07, 6.45) is 1.76. The van der Waals surface area contributed by atoms with Gasteiger partial charge in [-0.05, 0) is 59.8 Å². The van der Waals surface area contributed by atoms with Crippen molar-refractivity contribution in [3.05, 3.63) is 77.5 Å². The molecule has 25 heavy (non-hydrogen) atoms. The summed E-state index contributed by atoms with van der Waals surface area (Å²) >= 11 is 0. The molecule has 0 bridgehead atoms. The van der Waals surface area contributed by atoms with Gasteiger partial charge in [0.1, 0.15) is 12.4 Å². The van der Waals surface area contributed by atoms with Crippen LogP contribution in [0.15, 0.2) is 60.8 Å². The third kappa shape index (κ3) is 4.23. The SMILES string of the molecule is Cc1cc(-c2cc(COc3ccc(P)cc3)ccn2)ccc1C(N)=O. The number of hydrogen-bond donors (Lipinski definition) is 1. The Balaban J connectivity index is 1.78. The highest BCUT2D eigenvalue weighted by atomic mass is 31.0. The number of rotatable bonds is 5. The van der Waals surface area contributed by atoms with Gasteiger partial charge in [0.25, 0.3) is 0 Å². The van der Waals surface area contributed by atoms with Gasteiger partial charge in [-0.1, -0.05) is 18.2 Å². The van der Waals surface area contributed by atoms with Crippen molar-refractivity contribution in [3.63, 3.8) is 0 Å². The molecule has 0 saturated heterocycles. The standard InChI is InChI=1S/C20H19N2O2P/c1-13-10-15(2-7-18(13)20(21)23)19-11-14(8-9-22-19)12-24-16-3-5-17(25)6-4-16/h2-11H,12,25H2,1H3,(H2,21,23). The summed E-state index contributed by atoms with van der Waals surface area (Å²) in [6, 6.07) is 17.3. The molecule has 126 valence electrons. The van der Waals surface area contributed by atoms with Crippen molar-refractivity contribution in [1.82, 2.24) is 4.98 Å². The monoisotopic (exact) mass is 350 g/mol. The second-order valence-corrected chi connectivity index (χ2v) is 6.47. The van der Waals surface area contributed by atoms with E-state index in [9.17, 15) is 4.79 Å². The maximum Gasteiger partial charge on any atom is 0.248 e. The normalized spacial score (nSPS) is 10.5. The van der Waals surface area contributed by atoms with Crippen LogP contribution in [0.2, 0.25) is 0 Å². The number of benzene rings is 2. The fourth-order valence-electron chi connectivity index (χ4n) is 2.55. The number of pyridine rings is 1. The van der Waals surface area contributed by atoms with Crippen LogP contribution in [0.4, 0.5) is 0 Å². The molecule has 2 N–H and O–H groups in total. The summed E-state index contributed by atoms with van der Waals surface area (Å²) in [5.74, 6) is 0.405. The lowest BCUT2D eigenvalue weighted by atomic mass is 10.0. The summed E-state index contributed by atoms with van der Waals surface area (Å²) in [5.41, 5.74) is 9.53. The third-order valence-electron chi connectivity index (χ3n) is 3.90. The molecule has 1 amide bonds. The predicted molar refractivity (Wildman–Crippen MR) is 103 cm³/mol. The van der Waals surface area contributed by atoms with Crippen LogP contribution in [0.5, 0.6) is 5.75 Å². The number of ether oxygens (including phenoxy) is 1. The minimum Gasteiger partial charge on any atom is -0.489 e. The van der Waals surface area contributed by atoms with Crippen molar-refractivity contribution in [2.24, 2.45) is 5.73 Å². The van der Waals surface area contributed by atoms with Gasteiger partial charge in [0, 0.05) is 17.3 Å². The van der Waals surface area contributed by atoms with Crippen molar-refractivity contribution in [3.8, 4) is 17.0 Å². The van der Waals surface area contributed by atoms with Crippen molar-refractivity contribution in [1.29, 1.82) is 0 Å². The Labute approximate surface area is 149 Å². The molecular weight excluding hydrogens is 331 g/mol. The third-order valence-corrected chi connectivity index (χ3v) is 4.28. The minimum atomic E-state index is -0.421. The van der Waals surface area contributed by atoms with E-state index in [1.165, 1.54) is 0 Å². The first kappa shape index (κ1) is 17.1. The van der Waals surface area contributed by atoms with E-state index in [-0.39, 0.29) is 0 Å². The van der Waals surface area contributed by atoms with Crippen LogP contribution in [0, 0.1) is 6.92 Å². The van der Waals surface area contributed by atoms with Gasteiger partial charge in [0.05, 0.1) is 5.69 Å². The molecule has 0 fully saturated rings. The van der Waals surface area contributed by atoms with Crippen molar-refractivity contribution in [2.75, 3.05) is 0 Å². The summed E-state index contributed by atoms with van der Waals surface area (Å²) in [6.45, 7) is 2.33. The fourth-order valence-corrected chi connectivity index (χ4v) is 2.74. The molecule has 0 aliphatic carbocycles. The van der Waals surface area contributed by atoms with E-state index in [1.807, 2.05) is 55.5 Å². The average Bonchev–Trinajstić information content (AvgIpc) is 2.61. The molecule has 0 aliphatic rings. The Morgan fingerprint density at radius 2 is 1.88 bits per heavy atom. The van der Waals surface area contributed by atoms with Gasteiger partial charge in [-0.2, -0.15) is 0 Å². The van der Waals surface area contributed by atoms with Gasteiger partial charge >= 0.3 is 0 Å². The number of nitrogens with zero attached hydrogens (tertiary/aromatic N) is 1. The molecule has 0 spiro atoms. The van der Waals surface area contributed by atoms with Crippen LogP contribution >= 0.6 is 9.24 Å². The van der Waals surface area contributed by atoms with Crippen molar-refractivity contribution in [2.45, 2.75) is 13.5 Å². The Morgan fingerprint density at radius 3 is 2.56 bits per heavy atom. The number of amides is 1. The van der Waals surface area contributed by atoms with E-state index in [0.717, 1.165) is 33.4 Å². The zero-order chi connectivity index (χ0) is 17.8. The second kappa shape index (κ2) is 7.45. The Hall–Kier alpha value is -2.71. The van der Waals surface area contributed by atoms with Gasteiger partial charge < -0.3 is 10.5 Å². The molecule has 3 rings (SSSR count). The van der Waals surface area contributed by atoms with Gasteiger partial charge in [-0.15, -0.1) is 9.24 Å². The molecule has 0 radical (unpaired) electrons. The maximum atomic E-state index is 11.4. The van der Waals surface area contributed by atoms with Crippen LogP contribution < -0.4 is 15.8 Å². The Morgan fingerprint density at radius 1 is 1.12 bits per heavy atom. The molecule has 1 heterocycles. The van der Waals surface area contributed by atoms with Gasteiger partial charge in [-0.25, -0.2) is 0 Å². The molecular formula is C20H19N2O2P. The number of carbonyl (C=O) groups is 1. The molecule has 0 aliphatic heterocycles. The lowest BCUT2D eigenvalue weighted by Gasteiger charge is -2.09. The van der Waals surface area contributed by atoms with Crippen LogP contribution in [-0.2, 0) is 6.61 Å². The Bertz CT molecular complexity index is 908. The van der Waals surface area contributed by atoms with E-state index in [0.29, 0.717) is 12.2 Å². The predicted octanol–water partition coefficient (Wildman–Crippen LogP) is 3.24. The van der Waals surface area contributed by atoms with Crippen LogP contribution in [0.25, 0.3) is 11.3 Å². The first-order valence-corrected chi connectivity index (χ1v) is 8.45. The molecule has 1 atom stereocenters. The molecule has 3 aromatic rings. The first-order chi connectivity index (χ1) is 12.0. The zero-order valence-corrected chi connectivity index (χ0v) is 15.1. The van der Waals surface area contributed by atoms with E-state index in [2.05, 4.69) is 14.2 Å². The van der Waals surface area contributed by atoms with E-state index < -0.39 is 5.91 Å². The molecule has 5 heteroatoms. The number of aryl methyl sites for hydroxylation is 1. The zero-order valence-electron chi connectivity index (χ0n) is 13.9. The smallest absolute Gasteiger partial charge is 0.248 e. The lowest BCUT2D eigenvalue weighted by molar-refractivity contribution is 0.0999. The van der Waals surface area contributed by atoms with Crippen LogP contribution in [0.3, 0.4) is 0 Å². The van der Waals surface area contributed by atoms with Crippen LogP contribution in [0.1, 0.15) is 21.5 Å². The van der Waals surface area contributed by atoms with Crippen LogP contribution in [-0.4, -0.2) is 10.9 Å². The second-order valence-electron chi connectivity index (χ2n) is 5.80. The van der Waals surface area contributed by atoms with E-state index >= 15 is 0 Å². The van der Waals surface area contributed by atoms with E-state index in [1.54, 1.807) is 12.3 Å². The number of aromatic nitrogens is 1. The molecule has 2 aromatic carbocycles. The topological polar surface area (TPSA) is 65.2 Å². The fraction of sp³-hybridized carbons (Fsp3) is 0.100. The van der Waals surface area contributed by atoms with Crippen molar-refractivity contribution >= 4 is 20.5 Å². The first-order valence-electron chi connectivity index (χ1n) is 7.87. The van der Waals surface area contributed by atoms with Gasteiger partial charge in [0.2, 0.25) is 5.91 Å². The molecule has 1 aromatic heterocycles. The quantitative estimate of drug-likeness (QED) is 0.719. The lowest BCUT2D eigenvalue weighted by Crippen LogP contribution is -2.12. The number of primary amides is 1. The van der Waals surface area contributed by atoms with Gasteiger partial charge in [-0.3, -0.25) is 9.78 Å². The number of carbonyl (C=O) groups excluding carboxylic acids is 1. The summed E-state index contributed by atoms with van der Waals surface area (Å²) in [7, 11) is 2.65. The highest BCUT2D eigenvalue weighted by Gasteiger charge is 2.08. The highest BCUT2D eigenvalue weighted by molar-refractivity contribution is 7.27. The summed E-state index contributed by atoms with van der Waals surface area (Å²) in [4.78, 5) is 15.8. The molecule has 4 nitrogen and oxygen atoms in total. The number of nitrogens with two attached hydrogens (primary N) is 1. The van der Waals surface area contributed by atoms with Crippen molar-refractivity contribution < 1.29 is 9.53 Å². The molecule has 1 unspecified atom stereocenters. The number of hydrogen-bond acceptors (Lipinski definition) is 3. The largest absolute Gasteiger partial charge is 0.489 e. The molecule has 0 saturated carbocycles. The highest BCUT2D eigenvalue weighted by Crippen LogP contribution is 2.22. The average molecular weight is 350 g/mol. The van der Waals surface area contributed by atoms with E-state index in [4.69, 9.17) is 10.5 Å².